The minimum Gasteiger partial charge on any atom is -0.496 e. The molecule has 1 unspecified atom stereocenters. The molecule has 2 aromatic carbocycles. The summed E-state index contributed by atoms with van der Waals surface area (Å²) in [6.07, 6.45) is 0. The van der Waals surface area contributed by atoms with Crippen LogP contribution in [0.5, 0.6) is 11.5 Å². The lowest BCUT2D eigenvalue weighted by molar-refractivity contribution is -0.119. The van der Waals surface area contributed by atoms with Gasteiger partial charge in [-0.05, 0) is 42.5 Å². The van der Waals surface area contributed by atoms with Crippen LogP contribution in [0, 0.1) is 0 Å². The number of methoxy groups -OCH3 is 1. The maximum absolute atomic E-state index is 12.5. The van der Waals surface area contributed by atoms with Crippen LogP contribution in [-0.2, 0) is 4.79 Å². The van der Waals surface area contributed by atoms with Crippen molar-refractivity contribution in [2.45, 2.75) is 25.0 Å². The Labute approximate surface area is 173 Å². The van der Waals surface area contributed by atoms with Crippen LogP contribution in [0.2, 0.25) is 0 Å². The molecule has 0 aliphatic heterocycles. The SMILES string of the molecule is CCOc1ccccc1-n1nnnc1SCC(=O)NC(C)c1ccccc1OC. The number of amides is 1. The molecule has 0 radical (unpaired) electrons. The Hall–Kier alpha value is -3.07. The molecule has 0 spiro atoms. The van der Waals surface area contributed by atoms with Gasteiger partial charge in [0.25, 0.3) is 0 Å². The predicted molar refractivity (Wildman–Crippen MR) is 111 cm³/mol. The second-order valence-electron chi connectivity index (χ2n) is 6.09. The highest BCUT2D eigenvalue weighted by Crippen LogP contribution is 2.27. The van der Waals surface area contributed by atoms with E-state index in [1.165, 1.54) is 11.8 Å². The molecule has 1 atom stereocenters. The lowest BCUT2D eigenvalue weighted by Crippen LogP contribution is -2.28. The first-order chi connectivity index (χ1) is 14.1. The van der Waals surface area contributed by atoms with E-state index in [4.69, 9.17) is 9.47 Å². The summed E-state index contributed by atoms with van der Waals surface area (Å²) in [4.78, 5) is 12.5. The van der Waals surface area contributed by atoms with E-state index >= 15 is 0 Å². The second kappa shape index (κ2) is 9.92. The minimum atomic E-state index is -0.186. The maximum atomic E-state index is 12.5. The van der Waals surface area contributed by atoms with Crippen LogP contribution in [-0.4, -0.2) is 45.6 Å². The van der Waals surface area contributed by atoms with Gasteiger partial charge in [0.2, 0.25) is 11.1 Å². The Balaban J connectivity index is 1.66. The molecular weight excluding hydrogens is 390 g/mol. The Kier molecular flexibility index (Phi) is 7.07. The van der Waals surface area contributed by atoms with Crippen molar-refractivity contribution in [1.29, 1.82) is 0 Å². The topological polar surface area (TPSA) is 91.2 Å². The fraction of sp³-hybridized carbons (Fsp3) is 0.300. The summed E-state index contributed by atoms with van der Waals surface area (Å²) in [5, 5.41) is 15.3. The van der Waals surface area contributed by atoms with Crippen molar-refractivity contribution in [3.8, 4) is 17.2 Å². The number of nitrogens with one attached hydrogen (secondary N) is 1. The van der Waals surface area contributed by atoms with E-state index < -0.39 is 0 Å². The molecular formula is C20H23N5O3S. The van der Waals surface area contributed by atoms with Crippen LogP contribution in [0.15, 0.2) is 53.7 Å². The summed E-state index contributed by atoms with van der Waals surface area (Å²) in [6, 6.07) is 14.9. The molecule has 0 saturated carbocycles. The molecule has 1 heterocycles. The van der Waals surface area contributed by atoms with Crippen molar-refractivity contribution in [1.82, 2.24) is 25.5 Å². The molecule has 1 N–H and O–H groups in total. The monoisotopic (exact) mass is 413 g/mol. The third-order valence-electron chi connectivity index (χ3n) is 4.15. The first kappa shape index (κ1) is 20.7. The van der Waals surface area contributed by atoms with Gasteiger partial charge in [-0.2, -0.15) is 4.68 Å². The van der Waals surface area contributed by atoms with Crippen molar-refractivity contribution in [2.75, 3.05) is 19.5 Å². The van der Waals surface area contributed by atoms with E-state index in [1.807, 2.05) is 62.4 Å². The molecule has 9 heteroatoms. The summed E-state index contributed by atoms with van der Waals surface area (Å²) >= 11 is 1.26. The number of ether oxygens (including phenoxy) is 2. The highest BCUT2D eigenvalue weighted by atomic mass is 32.2. The number of hydrogen-bond donors (Lipinski definition) is 1. The number of hydrogen-bond acceptors (Lipinski definition) is 7. The van der Waals surface area contributed by atoms with Crippen LogP contribution in [0.4, 0.5) is 0 Å². The standard InChI is InChI=1S/C20H23N5O3S/c1-4-28-18-12-8-6-10-16(18)25-20(22-23-24-25)29-13-19(26)21-14(2)15-9-5-7-11-17(15)27-3/h5-12,14H,4,13H2,1-3H3,(H,21,26). The Morgan fingerprint density at radius 3 is 2.66 bits per heavy atom. The zero-order valence-corrected chi connectivity index (χ0v) is 17.3. The molecule has 0 aliphatic rings. The van der Waals surface area contributed by atoms with Crippen molar-refractivity contribution < 1.29 is 14.3 Å². The number of rotatable bonds is 9. The van der Waals surface area contributed by atoms with Gasteiger partial charge >= 0.3 is 0 Å². The highest BCUT2D eigenvalue weighted by Gasteiger charge is 2.17. The molecule has 0 saturated heterocycles. The average Bonchev–Trinajstić information content (AvgIpc) is 3.21. The van der Waals surface area contributed by atoms with Gasteiger partial charge in [-0.1, -0.05) is 42.1 Å². The first-order valence-electron chi connectivity index (χ1n) is 9.19. The molecule has 3 rings (SSSR count). The van der Waals surface area contributed by atoms with Gasteiger partial charge in [-0.25, -0.2) is 0 Å². The van der Waals surface area contributed by atoms with Gasteiger partial charge in [-0.15, -0.1) is 5.10 Å². The first-order valence-corrected chi connectivity index (χ1v) is 10.2. The van der Waals surface area contributed by atoms with Gasteiger partial charge in [0.1, 0.15) is 17.2 Å². The number of benzene rings is 2. The van der Waals surface area contributed by atoms with Gasteiger partial charge in [0.05, 0.1) is 25.5 Å². The Morgan fingerprint density at radius 1 is 1.17 bits per heavy atom. The number of aromatic nitrogens is 4. The smallest absolute Gasteiger partial charge is 0.230 e. The fourth-order valence-corrected chi connectivity index (χ4v) is 3.54. The molecule has 152 valence electrons. The van der Waals surface area contributed by atoms with Crippen LogP contribution < -0.4 is 14.8 Å². The predicted octanol–water partition coefficient (Wildman–Crippen LogP) is 3.04. The van der Waals surface area contributed by atoms with E-state index in [-0.39, 0.29) is 17.7 Å². The Bertz CT molecular complexity index is 963. The third-order valence-corrected chi connectivity index (χ3v) is 5.07. The van der Waals surface area contributed by atoms with E-state index in [9.17, 15) is 4.79 Å². The molecule has 29 heavy (non-hydrogen) atoms. The van der Waals surface area contributed by atoms with Crippen molar-refractivity contribution in [3.05, 3.63) is 54.1 Å². The second-order valence-corrected chi connectivity index (χ2v) is 7.04. The third kappa shape index (κ3) is 5.05. The molecule has 0 aliphatic carbocycles. The summed E-state index contributed by atoms with van der Waals surface area (Å²) < 4.78 is 12.6. The zero-order chi connectivity index (χ0) is 20.6. The average molecular weight is 414 g/mol. The van der Waals surface area contributed by atoms with Crippen LogP contribution in [0.1, 0.15) is 25.5 Å². The number of thioether (sulfide) groups is 1. The van der Waals surface area contributed by atoms with Crippen molar-refractivity contribution in [2.24, 2.45) is 0 Å². The van der Waals surface area contributed by atoms with Crippen LogP contribution >= 0.6 is 11.8 Å². The zero-order valence-electron chi connectivity index (χ0n) is 16.5. The number of carbonyl (C=O) groups is 1. The molecule has 3 aromatic rings. The molecule has 0 fully saturated rings. The number of para-hydroxylation sites is 3. The van der Waals surface area contributed by atoms with Gasteiger partial charge in [0.15, 0.2) is 0 Å². The van der Waals surface area contributed by atoms with Gasteiger partial charge in [-0.3, -0.25) is 4.79 Å². The summed E-state index contributed by atoms with van der Waals surface area (Å²) in [5.74, 6) is 1.47. The van der Waals surface area contributed by atoms with E-state index in [0.29, 0.717) is 17.5 Å². The lowest BCUT2D eigenvalue weighted by Gasteiger charge is -2.17. The quantitative estimate of drug-likeness (QED) is 0.539. The molecule has 1 amide bonds. The van der Waals surface area contributed by atoms with Gasteiger partial charge in [0, 0.05) is 5.56 Å². The molecule has 1 aromatic heterocycles. The van der Waals surface area contributed by atoms with E-state index in [2.05, 4.69) is 20.8 Å². The summed E-state index contributed by atoms with van der Waals surface area (Å²) in [7, 11) is 1.61. The lowest BCUT2D eigenvalue weighted by atomic mass is 10.1. The van der Waals surface area contributed by atoms with Crippen LogP contribution in [0.3, 0.4) is 0 Å². The Morgan fingerprint density at radius 2 is 1.90 bits per heavy atom. The maximum Gasteiger partial charge on any atom is 0.230 e. The fourth-order valence-electron chi connectivity index (χ4n) is 2.84. The number of carbonyl (C=O) groups excluding carboxylic acids is 1. The van der Waals surface area contributed by atoms with Crippen LogP contribution in [0.25, 0.3) is 5.69 Å². The number of tetrazole rings is 1. The normalized spacial score (nSPS) is 11.7. The number of nitrogens with zero attached hydrogens (tertiary/aromatic N) is 4. The van der Waals surface area contributed by atoms with Crippen molar-refractivity contribution in [3.63, 3.8) is 0 Å². The highest BCUT2D eigenvalue weighted by molar-refractivity contribution is 7.99. The van der Waals surface area contributed by atoms with Gasteiger partial charge < -0.3 is 14.8 Å². The summed E-state index contributed by atoms with van der Waals surface area (Å²) in [5.41, 5.74) is 1.65. The van der Waals surface area contributed by atoms with E-state index in [1.54, 1.807) is 11.8 Å². The summed E-state index contributed by atoms with van der Waals surface area (Å²) in [6.45, 7) is 4.37. The molecule has 0 bridgehead atoms. The molecule has 8 nitrogen and oxygen atoms in total. The minimum absolute atomic E-state index is 0.124. The van der Waals surface area contributed by atoms with E-state index in [0.717, 1.165) is 17.0 Å². The van der Waals surface area contributed by atoms with Crippen molar-refractivity contribution >= 4 is 17.7 Å². The largest absolute Gasteiger partial charge is 0.496 e.